The van der Waals surface area contributed by atoms with Gasteiger partial charge in [0.05, 0.1) is 27.6 Å². The molecular weight excluding hydrogens is 420 g/mol. The molecule has 6 nitrogen and oxygen atoms in total. The maximum atomic E-state index is 14.3. The number of anilines is 1. The lowest BCUT2D eigenvalue weighted by molar-refractivity contribution is -0.117. The zero-order chi connectivity index (χ0) is 18.7. The van der Waals surface area contributed by atoms with E-state index in [2.05, 4.69) is 36.5 Å². The predicted octanol–water partition coefficient (Wildman–Crippen LogP) is 4.08. The van der Waals surface area contributed by atoms with Gasteiger partial charge < -0.3 is 5.32 Å². The summed E-state index contributed by atoms with van der Waals surface area (Å²) in [6, 6.07) is 6.72. The van der Waals surface area contributed by atoms with E-state index < -0.39 is 17.9 Å². The van der Waals surface area contributed by atoms with Crippen LogP contribution in [0.5, 0.6) is 0 Å². The monoisotopic (exact) mass is 431 g/mol. The number of aromatic nitrogens is 4. The third kappa shape index (κ3) is 2.69. The van der Waals surface area contributed by atoms with Crippen molar-refractivity contribution in [2.24, 2.45) is 5.92 Å². The molecule has 2 N–H and O–H groups in total. The van der Waals surface area contributed by atoms with E-state index in [0.717, 1.165) is 10.9 Å². The van der Waals surface area contributed by atoms with Gasteiger partial charge in [0.25, 0.3) is 0 Å². The van der Waals surface area contributed by atoms with Crippen molar-refractivity contribution in [1.82, 2.24) is 19.8 Å². The Kier molecular flexibility index (Phi) is 3.55. The van der Waals surface area contributed by atoms with Gasteiger partial charge in [-0.25, -0.2) is 13.3 Å². The third-order valence-electron chi connectivity index (χ3n) is 4.69. The first-order chi connectivity index (χ1) is 13.0. The number of hydrogen-bond donors (Lipinski definition) is 2. The van der Waals surface area contributed by atoms with Crippen molar-refractivity contribution in [2.45, 2.75) is 12.6 Å². The summed E-state index contributed by atoms with van der Waals surface area (Å²) in [4.78, 5) is 11.9. The Hall–Kier alpha value is -2.81. The van der Waals surface area contributed by atoms with Crippen molar-refractivity contribution in [3.8, 4) is 11.1 Å². The molecular formula is C18H12BrF2N5O. The Labute approximate surface area is 159 Å². The van der Waals surface area contributed by atoms with E-state index in [1.165, 1.54) is 6.07 Å². The van der Waals surface area contributed by atoms with Gasteiger partial charge in [0.2, 0.25) is 5.91 Å². The molecule has 1 fully saturated rings. The van der Waals surface area contributed by atoms with Crippen molar-refractivity contribution < 1.29 is 13.6 Å². The molecule has 0 bridgehead atoms. The number of nitrogens with zero attached hydrogens (tertiary/aromatic N) is 3. The number of carbonyl (C=O) groups excluding carboxylic acids is 1. The second-order valence-electron chi connectivity index (χ2n) is 6.54. The molecule has 27 heavy (non-hydrogen) atoms. The third-order valence-corrected chi connectivity index (χ3v) is 5.47. The molecule has 1 aliphatic carbocycles. The Morgan fingerprint density at radius 2 is 2.19 bits per heavy atom. The van der Waals surface area contributed by atoms with Crippen molar-refractivity contribution >= 4 is 44.1 Å². The standard InChI is InChI=1S/C18H12BrF2N5O/c19-17-13(21)6-14-11(7-22-24-14)16(17)8-1-2-26-9(3-8)4-15(25-26)23-18(27)10-5-12(10)20/h1-4,6-7,10,12H,5H2,(H,22,24)(H,23,25,27)/t10-,12+/m1/s1. The zero-order valence-corrected chi connectivity index (χ0v) is 15.3. The summed E-state index contributed by atoms with van der Waals surface area (Å²) in [6.07, 6.45) is 2.57. The molecule has 5 rings (SSSR count). The first-order valence-electron chi connectivity index (χ1n) is 8.27. The quantitative estimate of drug-likeness (QED) is 0.513. The largest absolute Gasteiger partial charge is 0.309 e. The van der Waals surface area contributed by atoms with Crippen LogP contribution >= 0.6 is 15.9 Å². The number of nitrogens with one attached hydrogen (secondary N) is 2. The fourth-order valence-corrected chi connectivity index (χ4v) is 3.74. The minimum Gasteiger partial charge on any atom is -0.309 e. The smallest absolute Gasteiger partial charge is 0.231 e. The Bertz CT molecular complexity index is 1220. The van der Waals surface area contributed by atoms with E-state index in [1.54, 1.807) is 29.0 Å². The molecule has 1 amide bonds. The predicted molar refractivity (Wildman–Crippen MR) is 99.6 cm³/mol. The van der Waals surface area contributed by atoms with E-state index in [4.69, 9.17) is 0 Å². The minimum absolute atomic E-state index is 0.262. The number of fused-ring (bicyclic) bond motifs is 2. The highest BCUT2D eigenvalue weighted by atomic mass is 79.9. The molecule has 3 aromatic heterocycles. The lowest BCUT2D eigenvalue weighted by Gasteiger charge is -2.08. The second-order valence-corrected chi connectivity index (χ2v) is 7.33. The molecule has 4 aromatic rings. The molecule has 0 saturated heterocycles. The second kappa shape index (κ2) is 5.85. The Balaban J connectivity index is 1.56. The molecule has 2 atom stereocenters. The van der Waals surface area contributed by atoms with Gasteiger partial charge in [-0.05, 0) is 40.0 Å². The van der Waals surface area contributed by atoms with E-state index in [-0.39, 0.29) is 12.3 Å². The topological polar surface area (TPSA) is 75.1 Å². The molecule has 1 aliphatic rings. The van der Waals surface area contributed by atoms with Gasteiger partial charge in [0.15, 0.2) is 5.82 Å². The Morgan fingerprint density at radius 3 is 2.96 bits per heavy atom. The molecule has 136 valence electrons. The summed E-state index contributed by atoms with van der Waals surface area (Å²) in [6.45, 7) is 0. The first-order valence-corrected chi connectivity index (χ1v) is 9.06. The number of aromatic amines is 1. The summed E-state index contributed by atoms with van der Waals surface area (Å²) < 4.78 is 29.2. The van der Waals surface area contributed by atoms with Crippen LogP contribution in [0.1, 0.15) is 6.42 Å². The molecule has 9 heteroatoms. The van der Waals surface area contributed by atoms with Gasteiger partial charge in [-0.3, -0.25) is 9.89 Å². The SMILES string of the molecule is O=C(Nc1cc2cc(-c3c(Br)c(F)cc4[nH]ncc34)ccn2n1)[C@@H]1C[C@@H]1F. The summed E-state index contributed by atoms with van der Waals surface area (Å²) in [5.74, 6) is -0.988. The lowest BCUT2D eigenvalue weighted by Crippen LogP contribution is -2.15. The lowest BCUT2D eigenvalue weighted by atomic mass is 10.0. The minimum atomic E-state index is -1.06. The fourth-order valence-electron chi connectivity index (χ4n) is 3.18. The van der Waals surface area contributed by atoms with Crippen molar-refractivity contribution in [3.63, 3.8) is 0 Å². The van der Waals surface area contributed by atoms with Crippen LogP contribution in [0.4, 0.5) is 14.6 Å². The maximum absolute atomic E-state index is 14.3. The van der Waals surface area contributed by atoms with Crippen molar-refractivity contribution in [2.75, 3.05) is 5.32 Å². The molecule has 0 aliphatic heterocycles. The zero-order valence-electron chi connectivity index (χ0n) is 13.7. The highest BCUT2D eigenvalue weighted by Gasteiger charge is 2.43. The summed E-state index contributed by atoms with van der Waals surface area (Å²) in [5.41, 5.74) is 2.75. The van der Waals surface area contributed by atoms with Crippen molar-refractivity contribution in [1.29, 1.82) is 0 Å². The average Bonchev–Trinajstić information content (AvgIpc) is 3.02. The first kappa shape index (κ1) is 16.4. The highest BCUT2D eigenvalue weighted by Crippen LogP contribution is 2.37. The summed E-state index contributed by atoms with van der Waals surface area (Å²) >= 11 is 3.32. The van der Waals surface area contributed by atoms with Crippen LogP contribution in [0.2, 0.25) is 0 Å². The van der Waals surface area contributed by atoms with Crippen LogP contribution < -0.4 is 5.32 Å². The van der Waals surface area contributed by atoms with Gasteiger partial charge in [-0.2, -0.15) is 10.2 Å². The van der Waals surface area contributed by atoms with E-state index in [9.17, 15) is 13.6 Å². The molecule has 3 heterocycles. The molecule has 1 aromatic carbocycles. The van der Waals surface area contributed by atoms with Gasteiger partial charge >= 0.3 is 0 Å². The molecule has 0 unspecified atom stereocenters. The number of carbonyl (C=O) groups is 1. The van der Waals surface area contributed by atoms with E-state index >= 15 is 0 Å². The molecule has 1 saturated carbocycles. The van der Waals surface area contributed by atoms with Crippen molar-refractivity contribution in [3.05, 3.63) is 46.9 Å². The summed E-state index contributed by atoms with van der Waals surface area (Å²) in [5, 5.41) is 14.5. The fraction of sp³-hybridized carbons (Fsp3) is 0.167. The van der Waals surface area contributed by atoms with Crippen LogP contribution in [0.3, 0.4) is 0 Å². The van der Waals surface area contributed by atoms with Crippen LogP contribution in [-0.2, 0) is 4.79 Å². The van der Waals surface area contributed by atoms with Crippen LogP contribution in [0.25, 0.3) is 27.5 Å². The maximum Gasteiger partial charge on any atom is 0.231 e. The Morgan fingerprint density at radius 1 is 1.37 bits per heavy atom. The normalized spacial score (nSPS) is 18.9. The van der Waals surface area contributed by atoms with Gasteiger partial charge in [0.1, 0.15) is 12.0 Å². The number of H-pyrrole nitrogens is 1. The summed E-state index contributed by atoms with van der Waals surface area (Å²) in [7, 11) is 0. The van der Waals surface area contributed by atoms with Crippen LogP contribution in [0, 0.1) is 11.7 Å². The molecule has 0 spiro atoms. The van der Waals surface area contributed by atoms with E-state index in [1.807, 2.05) is 6.07 Å². The number of halogens is 3. The van der Waals surface area contributed by atoms with Crippen LogP contribution in [-0.4, -0.2) is 31.9 Å². The number of benzene rings is 1. The van der Waals surface area contributed by atoms with Gasteiger partial charge in [-0.1, -0.05) is 0 Å². The van der Waals surface area contributed by atoms with Gasteiger partial charge in [0, 0.05) is 29.3 Å². The van der Waals surface area contributed by atoms with Gasteiger partial charge in [-0.15, -0.1) is 0 Å². The number of hydrogen-bond acceptors (Lipinski definition) is 3. The molecule has 0 radical (unpaired) electrons. The highest BCUT2D eigenvalue weighted by molar-refractivity contribution is 9.10. The number of pyridine rings is 1. The number of amides is 1. The number of rotatable bonds is 3. The van der Waals surface area contributed by atoms with E-state index in [0.29, 0.717) is 26.9 Å². The van der Waals surface area contributed by atoms with Crippen LogP contribution in [0.15, 0.2) is 41.1 Å². The average molecular weight is 432 g/mol. The number of alkyl halides is 1.